The summed E-state index contributed by atoms with van der Waals surface area (Å²) in [5, 5.41) is 7.21. The van der Waals surface area contributed by atoms with Crippen molar-refractivity contribution in [1.82, 2.24) is 19.9 Å². The summed E-state index contributed by atoms with van der Waals surface area (Å²) in [6.07, 6.45) is -4.63. The molecular weight excluding hydrogens is 299 g/mol. The minimum atomic E-state index is -4.63. The number of fused-ring (bicyclic) bond motifs is 1. The van der Waals surface area contributed by atoms with E-state index in [1.165, 1.54) is 0 Å². The topological polar surface area (TPSA) is 94.3 Å². The minimum Gasteiger partial charge on any atom is -0.384 e. The quantitative estimate of drug-likeness (QED) is 0.871. The van der Waals surface area contributed by atoms with E-state index in [9.17, 15) is 13.2 Å². The summed E-state index contributed by atoms with van der Waals surface area (Å²) in [4.78, 5) is 12.6. The Hall–Kier alpha value is -2.78. The molecule has 0 unspecified atom stereocenters. The lowest BCUT2D eigenvalue weighted by molar-refractivity contribution is -0.145. The van der Waals surface area contributed by atoms with E-state index < -0.39 is 12.0 Å². The zero-order valence-electron chi connectivity index (χ0n) is 11.5. The minimum absolute atomic E-state index is 0.0546. The van der Waals surface area contributed by atoms with Gasteiger partial charge in [0.25, 0.3) is 5.82 Å². The Morgan fingerprint density at radius 3 is 2.55 bits per heavy atom. The highest BCUT2D eigenvalue weighted by atomic mass is 19.4. The van der Waals surface area contributed by atoms with Crippen molar-refractivity contribution in [2.45, 2.75) is 20.0 Å². The summed E-state index contributed by atoms with van der Waals surface area (Å²) < 4.78 is 38.0. The van der Waals surface area contributed by atoms with E-state index in [1.807, 2.05) is 0 Å². The van der Waals surface area contributed by atoms with Crippen LogP contribution in [0.5, 0.6) is 0 Å². The second-order valence-electron chi connectivity index (χ2n) is 4.63. The number of nitrogens with two attached hydrogens (primary N) is 1. The van der Waals surface area contributed by atoms with Gasteiger partial charge in [-0.15, -0.1) is 9.89 Å². The van der Waals surface area contributed by atoms with Crippen LogP contribution in [0.3, 0.4) is 0 Å². The Morgan fingerprint density at radius 2 is 1.91 bits per heavy atom. The van der Waals surface area contributed by atoms with Crippen molar-refractivity contribution in [3.05, 3.63) is 29.5 Å². The van der Waals surface area contributed by atoms with Crippen LogP contribution in [0.2, 0.25) is 0 Å². The molecular formula is C12H10F3N7. The number of hydrogen-bond donors (Lipinski definition) is 1. The van der Waals surface area contributed by atoms with Crippen molar-refractivity contribution < 1.29 is 13.2 Å². The predicted octanol–water partition coefficient (Wildman–Crippen LogP) is 1.94. The van der Waals surface area contributed by atoms with E-state index in [0.717, 1.165) is 4.79 Å². The van der Waals surface area contributed by atoms with Crippen LogP contribution in [-0.4, -0.2) is 31.3 Å². The average Bonchev–Trinajstić information content (AvgIpc) is 2.91. The van der Waals surface area contributed by atoms with E-state index in [1.54, 1.807) is 26.0 Å². The Labute approximate surface area is 122 Å². The third-order valence-corrected chi connectivity index (χ3v) is 2.96. The second-order valence-corrected chi connectivity index (χ2v) is 4.63. The van der Waals surface area contributed by atoms with Gasteiger partial charge < -0.3 is 5.73 Å². The van der Waals surface area contributed by atoms with E-state index in [-0.39, 0.29) is 11.5 Å². The largest absolute Gasteiger partial charge is 0.453 e. The number of nitrogen functional groups attached to an aromatic ring is 1. The van der Waals surface area contributed by atoms with Crippen molar-refractivity contribution in [1.29, 1.82) is 0 Å². The molecule has 0 saturated heterocycles. The van der Waals surface area contributed by atoms with Gasteiger partial charge in [0.2, 0.25) is 5.82 Å². The molecule has 0 saturated carbocycles. The SMILES string of the molecule is CC1=Nn2nc(C(F)(F)F)nc2C1=Nc1ccc(N)nc1C. The summed E-state index contributed by atoms with van der Waals surface area (Å²) in [7, 11) is 0. The maximum absolute atomic E-state index is 12.7. The predicted molar refractivity (Wildman–Crippen MR) is 73.1 cm³/mol. The lowest BCUT2D eigenvalue weighted by Gasteiger charge is -2.02. The Bertz CT molecular complexity index is 817. The molecule has 1 aliphatic rings. The fraction of sp³-hybridized carbons (Fsp3) is 0.250. The molecule has 2 aromatic rings. The molecule has 0 aromatic carbocycles. The first kappa shape index (κ1) is 14.2. The monoisotopic (exact) mass is 309 g/mol. The highest BCUT2D eigenvalue weighted by Crippen LogP contribution is 2.28. The number of anilines is 1. The van der Waals surface area contributed by atoms with Gasteiger partial charge in [-0.2, -0.15) is 23.3 Å². The highest BCUT2D eigenvalue weighted by molar-refractivity contribution is 6.48. The average molecular weight is 309 g/mol. The summed E-state index contributed by atoms with van der Waals surface area (Å²) >= 11 is 0. The standard InChI is InChI=1S/C12H10F3N7/c1-5-7(3-4-8(16)17-5)18-9-6(2)20-22-10(9)19-11(21-22)12(13,14)15/h3-4H,1-2H3,(H2,16,17). The van der Waals surface area contributed by atoms with Gasteiger partial charge in [-0.3, -0.25) is 0 Å². The molecule has 3 heterocycles. The Morgan fingerprint density at radius 1 is 1.18 bits per heavy atom. The fourth-order valence-electron chi connectivity index (χ4n) is 1.94. The molecule has 0 aliphatic carbocycles. The van der Waals surface area contributed by atoms with E-state index in [0.29, 0.717) is 22.9 Å². The van der Waals surface area contributed by atoms with Gasteiger partial charge in [-0.25, -0.2) is 9.98 Å². The van der Waals surface area contributed by atoms with Gasteiger partial charge in [0, 0.05) is 0 Å². The molecule has 7 nitrogen and oxygen atoms in total. The van der Waals surface area contributed by atoms with Crippen LogP contribution < -0.4 is 5.73 Å². The first-order chi connectivity index (χ1) is 10.3. The second kappa shape index (κ2) is 4.61. The molecule has 3 rings (SSSR count). The number of aromatic nitrogens is 4. The lowest BCUT2D eigenvalue weighted by Crippen LogP contribution is -2.12. The number of aryl methyl sites for hydroxylation is 1. The van der Waals surface area contributed by atoms with Gasteiger partial charge in [0.1, 0.15) is 11.5 Å². The van der Waals surface area contributed by atoms with Gasteiger partial charge in [0.15, 0.2) is 0 Å². The molecule has 0 atom stereocenters. The smallest absolute Gasteiger partial charge is 0.384 e. The molecule has 0 amide bonds. The number of rotatable bonds is 1. The van der Waals surface area contributed by atoms with E-state index in [2.05, 4.69) is 25.2 Å². The number of nitrogens with zero attached hydrogens (tertiary/aromatic N) is 6. The Balaban J connectivity index is 2.09. The molecule has 0 spiro atoms. The molecule has 2 aromatic heterocycles. The maximum atomic E-state index is 12.7. The van der Waals surface area contributed by atoms with Crippen LogP contribution in [0.4, 0.5) is 24.7 Å². The molecule has 10 heteroatoms. The van der Waals surface area contributed by atoms with E-state index >= 15 is 0 Å². The third kappa shape index (κ3) is 2.32. The molecule has 0 radical (unpaired) electrons. The Kier molecular flexibility index (Phi) is 2.97. The summed E-state index contributed by atoms with van der Waals surface area (Å²) in [6, 6.07) is 3.18. The van der Waals surface area contributed by atoms with Crippen LogP contribution in [0.1, 0.15) is 24.3 Å². The zero-order chi connectivity index (χ0) is 16.1. The summed E-state index contributed by atoms with van der Waals surface area (Å²) in [5.41, 5.74) is 7.22. The van der Waals surface area contributed by atoms with Crippen molar-refractivity contribution >= 4 is 22.9 Å². The van der Waals surface area contributed by atoms with Crippen LogP contribution in [0.25, 0.3) is 0 Å². The lowest BCUT2D eigenvalue weighted by atomic mass is 10.2. The van der Waals surface area contributed by atoms with Crippen molar-refractivity contribution in [3.8, 4) is 0 Å². The number of pyridine rings is 1. The van der Waals surface area contributed by atoms with Crippen LogP contribution >= 0.6 is 0 Å². The number of aliphatic imine (C=N–C) groups is 1. The molecule has 22 heavy (non-hydrogen) atoms. The zero-order valence-corrected chi connectivity index (χ0v) is 11.5. The van der Waals surface area contributed by atoms with Crippen molar-refractivity contribution in [2.24, 2.45) is 10.1 Å². The van der Waals surface area contributed by atoms with Crippen molar-refractivity contribution in [3.63, 3.8) is 0 Å². The highest BCUT2D eigenvalue weighted by Gasteiger charge is 2.39. The first-order valence-electron chi connectivity index (χ1n) is 6.18. The first-order valence-corrected chi connectivity index (χ1v) is 6.18. The van der Waals surface area contributed by atoms with Crippen molar-refractivity contribution in [2.75, 3.05) is 5.73 Å². The van der Waals surface area contributed by atoms with Gasteiger partial charge >= 0.3 is 6.18 Å². The number of halogens is 3. The van der Waals surface area contributed by atoms with Crippen LogP contribution in [0, 0.1) is 6.92 Å². The van der Waals surface area contributed by atoms with Crippen LogP contribution in [-0.2, 0) is 6.18 Å². The van der Waals surface area contributed by atoms with Gasteiger partial charge in [-0.1, -0.05) is 0 Å². The molecule has 0 bridgehead atoms. The molecule has 2 N–H and O–H groups in total. The van der Waals surface area contributed by atoms with Gasteiger partial charge in [-0.05, 0) is 26.0 Å². The van der Waals surface area contributed by atoms with Gasteiger partial charge in [0.05, 0.1) is 17.1 Å². The van der Waals surface area contributed by atoms with Crippen LogP contribution in [0.15, 0.2) is 22.2 Å². The molecule has 1 aliphatic heterocycles. The van der Waals surface area contributed by atoms with E-state index in [4.69, 9.17) is 5.73 Å². The normalized spacial score (nSPS) is 16.0. The number of alkyl halides is 3. The maximum Gasteiger partial charge on any atom is 0.453 e. The fourth-order valence-corrected chi connectivity index (χ4v) is 1.94. The summed E-state index contributed by atoms with van der Waals surface area (Å²) in [6.45, 7) is 3.31. The summed E-state index contributed by atoms with van der Waals surface area (Å²) in [5.74, 6) is -0.972. The number of hydrogen-bond acceptors (Lipinski definition) is 6. The third-order valence-electron chi connectivity index (χ3n) is 2.96. The molecule has 114 valence electrons. The molecule has 0 fully saturated rings.